The van der Waals surface area contributed by atoms with Crippen LogP contribution in [0.3, 0.4) is 0 Å². The van der Waals surface area contributed by atoms with Crippen LogP contribution in [0.1, 0.15) is 20.9 Å². The summed E-state index contributed by atoms with van der Waals surface area (Å²) in [6.45, 7) is 2.43. The molecule has 106 valence electrons. The number of hydrogen-bond donors (Lipinski definition) is 1. The highest BCUT2D eigenvalue weighted by Gasteiger charge is 2.11. The summed E-state index contributed by atoms with van der Waals surface area (Å²) >= 11 is 5.04. The molecule has 0 aliphatic rings. The largest absolute Gasteiger partial charge is 0.347 e. The fraction of sp³-hybridized carbons (Fsp3) is 0.125. The molecular weight excluding hydrogens is 348 g/mol. The van der Waals surface area contributed by atoms with E-state index in [1.807, 2.05) is 48.7 Å². The molecule has 1 aromatic carbocycles. The van der Waals surface area contributed by atoms with E-state index in [0.717, 1.165) is 25.9 Å². The van der Waals surface area contributed by atoms with Crippen molar-refractivity contribution in [2.24, 2.45) is 0 Å². The Kier molecular flexibility index (Phi) is 4.03. The topological polar surface area (TPSA) is 42.0 Å². The Hall–Kier alpha value is -1.72. The number of rotatable bonds is 3. The third-order valence-electron chi connectivity index (χ3n) is 3.13. The first-order chi connectivity index (χ1) is 10.1. The van der Waals surface area contributed by atoms with Crippen LogP contribution < -0.4 is 5.32 Å². The fourth-order valence-corrected chi connectivity index (χ4v) is 3.60. The van der Waals surface area contributed by atoms with Crippen molar-refractivity contribution in [3.05, 3.63) is 62.4 Å². The van der Waals surface area contributed by atoms with E-state index >= 15 is 0 Å². The Morgan fingerprint density at radius 2 is 2.14 bits per heavy atom. The number of carbonyl (C=O) groups excluding carboxylic acids is 1. The van der Waals surface area contributed by atoms with Crippen LogP contribution in [0.2, 0.25) is 0 Å². The molecule has 0 spiro atoms. The van der Waals surface area contributed by atoms with Crippen LogP contribution in [-0.4, -0.2) is 10.9 Å². The number of nitrogens with zero attached hydrogens (tertiary/aromatic N) is 1. The Balaban J connectivity index is 1.87. The molecule has 2 aromatic heterocycles. The number of aryl methyl sites for hydroxylation is 1. The van der Waals surface area contributed by atoms with Gasteiger partial charge in [-0.3, -0.25) is 9.78 Å². The minimum absolute atomic E-state index is 0.0683. The van der Waals surface area contributed by atoms with E-state index < -0.39 is 0 Å². The summed E-state index contributed by atoms with van der Waals surface area (Å²) in [6.07, 6.45) is 0. The highest BCUT2D eigenvalue weighted by Crippen LogP contribution is 2.21. The Morgan fingerprint density at radius 3 is 2.90 bits per heavy atom. The van der Waals surface area contributed by atoms with Crippen LogP contribution in [-0.2, 0) is 6.54 Å². The molecule has 2 heterocycles. The van der Waals surface area contributed by atoms with Gasteiger partial charge in [-0.25, -0.2) is 0 Å². The molecule has 0 atom stereocenters. The number of pyridine rings is 1. The predicted molar refractivity (Wildman–Crippen MR) is 89.7 cm³/mol. The van der Waals surface area contributed by atoms with E-state index in [-0.39, 0.29) is 5.91 Å². The molecule has 3 rings (SSSR count). The minimum atomic E-state index is -0.0683. The van der Waals surface area contributed by atoms with E-state index in [9.17, 15) is 4.79 Å². The highest BCUT2D eigenvalue weighted by molar-refractivity contribution is 9.10. The zero-order chi connectivity index (χ0) is 14.8. The number of hydrogen-bond acceptors (Lipinski definition) is 3. The summed E-state index contributed by atoms with van der Waals surface area (Å²) in [5, 5.41) is 5.86. The number of fused-ring (bicyclic) bond motifs is 1. The van der Waals surface area contributed by atoms with E-state index in [1.54, 1.807) is 11.3 Å². The van der Waals surface area contributed by atoms with Gasteiger partial charge in [0, 0.05) is 25.8 Å². The second kappa shape index (κ2) is 5.95. The zero-order valence-electron chi connectivity index (χ0n) is 11.4. The van der Waals surface area contributed by atoms with Gasteiger partial charge in [0.05, 0.1) is 17.6 Å². The first kappa shape index (κ1) is 14.2. The number of thiophene rings is 1. The molecule has 1 N–H and O–H groups in total. The number of benzene rings is 1. The van der Waals surface area contributed by atoms with E-state index in [1.165, 1.54) is 0 Å². The van der Waals surface area contributed by atoms with Gasteiger partial charge in [-0.2, -0.15) is 0 Å². The van der Waals surface area contributed by atoms with Gasteiger partial charge < -0.3 is 5.32 Å². The molecule has 0 radical (unpaired) electrons. The maximum atomic E-state index is 12.4. The number of para-hydroxylation sites is 1. The van der Waals surface area contributed by atoms with Crippen LogP contribution in [0.4, 0.5) is 0 Å². The van der Waals surface area contributed by atoms with Crippen molar-refractivity contribution in [3.8, 4) is 0 Å². The standard InChI is InChI=1S/C16H13BrN2OS/c1-10-6-14(13-4-2-3-5-15(13)19-10)16(20)18-8-12-7-11(17)9-21-12/h2-7,9H,8H2,1H3,(H,18,20). The lowest BCUT2D eigenvalue weighted by Gasteiger charge is -2.08. The molecule has 0 bridgehead atoms. The van der Waals surface area contributed by atoms with E-state index in [2.05, 4.69) is 26.2 Å². The number of halogens is 1. The molecule has 0 aliphatic carbocycles. The summed E-state index contributed by atoms with van der Waals surface area (Å²) in [6, 6.07) is 11.6. The molecule has 5 heteroatoms. The van der Waals surface area contributed by atoms with Crippen molar-refractivity contribution < 1.29 is 4.79 Å². The van der Waals surface area contributed by atoms with Gasteiger partial charge in [0.15, 0.2) is 0 Å². The summed E-state index contributed by atoms with van der Waals surface area (Å²) < 4.78 is 1.04. The number of nitrogens with one attached hydrogen (secondary N) is 1. The van der Waals surface area contributed by atoms with E-state index in [0.29, 0.717) is 12.1 Å². The van der Waals surface area contributed by atoms with Crippen molar-refractivity contribution in [3.63, 3.8) is 0 Å². The maximum absolute atomic E-state index is 12.4. The monoisotopic (exact) mass is 360 g/mol. The van der Waals surface area contributed by atoms with Crippen molar-refractivity contribution in [2.75, 3.05) is 0 Å². The molecule has 21 heavy (non-hydrogen) atoms. The van der Waals surface area contributed by atoms with Crippen molar-refractivity contribution >= 4 is 44.1 Å². The van der Waals surface area contributed by atoms with Gasteiger partial charge in [-0.1, -0.05) is 18.2 Å². The smallest absolute Gasteiger partial charge is 0.252 e. The first-order valence-electron chi connectivity index (χ1n) is 6.51. The highest BCUT2D eigenvalue weighted by atomic mass is 79.9. The lowest BCUT2D eigenvalue weighted by Crippen LogP contribution is -2.22. The lowest BCUT2D eigenvalue weighted by atomic mass is 10.1. The Labute approximate surface area is 135 Å². The zero-order valence-corrected chi connectivity index (χ0v) is 13.8. The van der Waals surface area contributed by atoms with Gasteiger partial charge in [-0.05, 0) is 41.1 Å². The SMILES string of the molecule is Cc1cc(C(=O)NCc2cc(Br)cs2)c2ccccc2n1. The summed E-state index contributed by atoms with van der Waals surface area (Å²) in [7, 11) is 0. The van der Waals surface area contributed by atoms with Gasteiger partial charge in [-0.15, -0.1) is 11.3 Å². The molecule has 0 aliphatic heterocycles. The normalized spacial score (nSPS) is 10.8. The second-order valence-electron chi connectivity index (χ2n) is 4.74. The molecule has 3 aromatic rings. The maximum Gasteiger partial charge on any atom is 0.252 e. The first-order valence-corrected chi connectivity index (χ1v) is 8.18. The van der Waals surface area contributed by atoms with Gasteiger partial charge in [0.2, 0.25) is 0 Å². The molecule has 0 saturated heterocycles. The Bertz CT molecular complexity index is 813. The predicted octanol–water partition coefficient (Wildman–Crippen LogP) is 4.30. The molecule has 0 unspecified atom stereocenters. The molecular formula is C16H13BrN2OS. The minimum Gasteiger partial charge on any atom is -0.347 e. The van der Waals surface area contributed by atoms with Crippen LogP contribution in [0.15, 0.2) is 46.3 Å². The Morgan fingerprint density at radius 1 is 1.33 bits per heavy atom. The van der Waals surface area contributed by atoms with Crippen LogP contribution in [0.25, 0.3) is 10.9 Å². The van der Waals surface area contributed by atoms with Gasteiger partial charge in [0.1, 0.15) is 0 Å². The summed E-state index contributed by atoms with van der Waals surface area (Å²) in [4.78, 5) is 18.0. The van der Waals surface area contributed by atoms with Crippen LogP contribution in [0.5, 0.6) is 0 Å². The number of aromatic nitrogens is 1. The van der Waals surface area contributed by atoms with Crippen molar-refractivity contribution in [2.45, 2.75) is 13.5 Å². The summed E-state index contributed by atoms with van der Waals surface area (Å²) in [5.41, 5.74) is 2.37. The van der Waals surface area contributed by atoms with Gasteiger partial charge >= 0.3 is 0 Å². The lowest BCUT2D eigenvalue weighted by molar-refractivity contribution is 0.0953. The second-order valence-corrected chi connectivity index (χ2v) is 6.65. The van der Waals surface area contributed by atoms with Gasteiger partial charge in [0.25, 0.3) is 5.91 Å². The van der Waals surface area contributed by atoms with Crippen molar-refractivity contribution in [1.82, 2.24) is 10.3 Å². The summed E-state index contributed by atoms with van der Waals surface area (Å²) in [5.74, 6) is -0.0683. The van der Waals surface area contributed by atoms with Crippen LogP contribution >= 0.6 is 27.3 Å². The fourth-order valence-electron chi connectivity index (χ4n) is 2.20. The quantitative estimate of drug-likeness (QED) is 0.756. The third-order valence-corrected chi connectivity index (χ3v) is 4.83. The van der Waals surface area contributed by atoms with Crippen LogP contribution in [0, 0.1) is 6.92 Å². The molecule has 3 nitrogen and oxygen atoms in total. The molecule has 1 amide bonds. The van der Waals surface area contributed by atoms with Crippen molar-refractivity contribution in [1.29, 1.82) is 0 Å². The average molecular weight is 361 g/mol. The number of carbonyl (C=O) groups is 1. The molecule has 0 saturated carbocycles. The average Bonchev–Trinajstić information content (AvgIpc) is 2.89. The molecule has 0 fully saturated rings. The number of amides is 1. The van der Waals surface area contributed by atoms with E-state index in [4.69, 9.17) is 0 Å². The third kappa shape index (κ3) is 3.14.